The molecule has 1 aliphatic rings. The standard InChI is InChI=1S/C22H22BrN5O2/c23-18-4-2-6-20(14-18)30-19-5-1-3-17(13-19)16-27-9-11-28(12-10-27)22(29)26-21-15-24-7-8-25-21/h1-8,13-15H,9-12,16H2,(H,25,26,29). The molecule has 0 unspecified atom stereocenters. The normalized spacial score (nSPS) is 14.4. The molecule has 2 aromatic carbocycles. The van der Waals surface area contributed by atoms with Gasteiger partial charge in [-0.3, -0.25) is 15.2 Å². The minimum absolute atomic E-state index is 0.139. The van der Waals surface area contributed by atoms with E-state index in [1.807, 2.05) is 36.4 Å². The largest absolute Gasteiger partial charge is 0.457 e. The maximum Gasteiger partial charge on any atom is 0.323 e. The van der Waals surface area contributed by atoms with Gasteiger partial charge in [-0.15, -0.1) is 0 Å². The van der Waals surface area contributed by atoms with Gasteiger partial charge >= 0.3 is 6.03 Å². The van der Waals surface area contributed by atoms with Crippen molar-refractivity contribution in [2.45, 2.75) is 6.54 Å². The van der Waals surface area contributed by atoms with Gasteiger partial charge in [0.15, 0.2) is 5.82 Å². The van der Waals surface area contributed by atoms with Gasteiger partial charge in [-0.2, -0.15) is 0 Å². The summed E-state index contributed by atoms with van der Waals surface area (Å²) in [6.07, 6.45) is 4.67. The molecule has 0 saturated carbocycles. The van der Waals surface area contributed by atoms with Crippen molar-refractivity contribution in [2.24, 2.45) is 0 Å². The van der Waals surface area contributed by atoms with Crippen molar-refractivity contribution in [3.63, 3.8) is 0 Å². The number of nitrogens with zero attached hydrogens (tertiary/aromatic N) is 4. The molecule has 1 N–H and O–H groups in total. The van der Waals surface area contributed by atoms with Crippen LogP contribution in [0.3, 0.4) is 0 Å². The third-order valence-corrected chi connectivity index (χ3v) is 5.29. The van der Waals surface area contributed by atoms with Gasteiger partial charge in [0.1, 0.15) is 11.5 Å². The molecule has 1 aromatic heterocycles. The second-order valence-electron chi connectivity index (χ2n) is 6.99. The fourth-order valence-electron chi connectivity index (χ4n) is 3.29. The van der Waals surface area contributed by atoms with Gasteiger partial charge in [0.05, 0.1) is 6.20 Å². The molecule has 1 aliphatic heterocycles. The van der Waals surface area contributed by atoms with Crippen LogP contribution < -0.4 is 10.1 Å². The maximum absolute atomic E-state index is 12.4. The Labute approximate surface area is 183 Å². The SMILES string of the molecule is O=C(Nc1cnccn1)N1CCN(Cc2cccc(Oc3cccc(Br)c3)c2)CC1. The van der Waals surface area contributed by atoms with Crippen LogP contribution in [0.15, 0.2) is 71.6 Å². The summed E-state index contributed by atoms with van der Waals surface area (Å²) in [6.45, 7) is 3.77. The van der Waals surface area contributed by atoms with E-state index < -0.39 is 0 Å². The number of rotatable bonds is 5. The molecule has 4 rings (SSSR count). The first-order valence-electron chi connectivity index (χ1n) is 9.72. The fourth-order valence-corrected chi connectivity index (χ4v) is 3.67. The molecular weight excluding hydrogens is 446 g/mol. The van der Waals surface area contributed by atoms with E-state index in [1.165, 1.54) is 11.8 Å². The van der Waals surface area contributed by atoms with E-state index in [2.05, 4.69) is 48.2 Å². The molecule has 30 heavy (non-hydrogen) atoms. The lowest BCUT2D eigenvalue weighted by molar-refractivity contribution is 0.143. The lowest BCUT2D eigenvalue weighted by Gasteiger charge is -2.34. The summed E-state index contributed by atoms with van der Waals surface area (Å²) in [5.74, 6) is 2.07. The fraction of sp³-hybridized carbons (Fsp3) is 0.227. The van der Waals surface area contributed by atoms with Crippen LogP contribution in [0, 0.1) is 0 Å². The number of carbonyl (C=O) groups is 1. The van der Waals surface area contributed by atoms with Crippen LogP contribution in [0.5, 0.6) is 11.5 Å². The van der Waals surface area contributed by atoms with E-state index >= 15 is 0 Å². The zero-order valence-corrected chi connectivity index (χ0v) is 18.0. The van der Waals surface area contributed by atoms with Crippen LogP contribution in [0.25, 0.3) is 0 Å². The molecule has 0 spiro atoms. The van der Waals surface area contributed by atoms with Gasteiger partial charge < -0.3 is 9.64 Å². The Bertz CT molecular complexity index is 994. The molecule has 7 nitrogen and oxygen atoms in total. The number of aromatic nitrogens is 2. The van der Waals surface area contributed by atoms with Crippen molar-refractivity contribution in [2.75, 3.05) is 31.5 Å². The molecular formula is C22H22BrN5O2. The highest BCUT2D eigenvalue weighted by Gasteiger charge is 2.21. The monoisotopic (exact) mass is 467 g/mol. The predicted molar refractivity (Wildman–Crippen MR) is 119 cm³/mol. The van der Waals surface area contributed by atoms with Crippen LogP contribution in [0.4, 0.5) is 10.6 Å². The first kappa shape index (κ1) is 20.3. The molecule has 1 fully saturated rings. The highest BCUT2D eigenvalue weighted by Crippen LogP contribution is 2.25. The Hall–Kier alpha value is -2.97. The minimum atomic E-state index is -0.139. The van der Waals surface area contributed by atoms with Crippen molar-refractivity contribution < 1.29 is 9.53 Å². The zero-order chi connectivity index (χ0) is 20.8. The van der Waals surface area contributed by atoms with Crippen LogP contribution in [-0.4, -0.2) is 52.0 Å². The number of halogens is 1. The topological polar surface area (TPSA) is 70.6 Å². The van der Waals surface area contributed by atoms with Crippen molar-refractivity contribution >= 4 is 27.8 Å². The van der Waals surface area contributed by atoms with Gasteiger partial charge in [0, 0.05) is 49.6 Å². The van der Waals surface area contributed by atoms with Gasteiger partial charge in [-0.25, -0.2) is 9.78 Å². The van der Waals surface area contributed by atoms with Crippen molar-refractivity contribution in [1.29, 1.82) is 0 Å². The van der Waals surface area contributed by atoms with Crippen molar-refractivity contribution in [3.05, 3.63) is 77.2 Å². The smallest absolute Gasteiger partial charge is 0.323 e. The zero-order valence-electron chi connectivity index (χ0n) is 16.4. The number of amides is 2. The number of ether oxygens (including phenoxy) is 1. The summed E-state index contributed by atoms with van der Waals surface area (Å²) in [5.41, 5.74) is 1.18. The minimum Gasteiger partial charge on any atom is -0.457 e. The third kappa shape index (κ3) is 5.55. The molecule has 1 saturated heterocycles. The number of nitrogens with one attached hydrogen (secondary N) is 1. The molecule has 0 bridgehead atoms. The lowest BCUT2D eigenvalue weighted by atomic mass is 10.2. The van der Waals surface area contributed by atoms with E-state index in [0.717, 1.165) is 35.6 Å². The highest BCUT2D eigenvalue weighted by molar-refractivity contribution is 9.10. The summed E-state index contributed by atoms with van der Waals surface area (Å²) < 4.78 is 6.96. The van der Waals surface area contributed by atoms with E-state index in [1.54, 1.807) is 17.3 Å². The second-order valence-corrected chi connectivity index (χ2v) is 7.91. The molecule has 3 aromatic rings. The van der Waals surface area contributed by atoms with Crippen LogP contribution in [-0.2, 0) is 6.54 Å². The Balaban J connectivity index is 1.29. The molecule has 2 heterocycles. The van der Waals surface area contributed by atoms with Crippen LogP contribution in [0.2, 0.25) is 0 Å². The number of urea groups is 1. The van der Waals surface area contributed by atoms with Crippen LogP contribution >= 0.6 is 15.9 Å². The number of benzene rings is 2. The summed E-state index contributed by atoms with van der Waals surface area (Å²) in [4.78, 5) is 24.6. The van der Waals surface area contributed by atoms with Gasteiger partial charge in [-0.1, -0.05) is 34.1 Å². The number of anilines is 1. The van der Waals surface area contributed by atoms with Crippen LogP contribution in [0.1, 0.15) is 5.56 Å². The quantitative estimate of drug-likeness (QED) is 0.602. The lowest BCUT2D eigenvalue weighted by Crippen LogP contribution is -2.49. The summed E-state index contributed by atoms with van der Waals surface area (Å²) in [5, 5.41) is 2.79. The molecule has 8 heteroatoms. The number of hydrogen-bond acceptors (Lipinski definition) is 5. The van der Waals surface area contributed by atoms with Gasteiger partial charge in [0.25, 0.3) is 0 Å². The van der Waals surface area contributed by atoms with Crippen molar-refractivity contribution in [1.82, 2.24) is 19.8 Å². The summed E-state index contributed by atoms with van der Waals surface area (Å²) >= 11 is 3.46. The Morgan fingerprint density at radius 2 is 1.80 bits per heavy atom. The van der Waals surface area contributed by atoms with Gasteiger partial charge in [0.2, 0.25) is 0 Å². The molecule has 0 atom stereocenters. The molecule has 0 radical (unpaired) electrons. The number of piperazine rings is 1. The molecule has 2 amide bonds. The molecule has 0 aliphatic carbocycles. The summed E-state index contributed by atoms with van der Waals surface area (Å²) in [7, 11) is 0. The Morgan fingerprint density at radius 3 is 2.53 bits per heavy atom. The van der Waals surface area contributed by atoms with E-state index in [9.17, 15) is 4.79 Å². The van der Waals surface area contributed by atoms with E-state index in [-0.39, 0.29) is 6.03 Å². The maximum atomic E-state index is 12.4. The Morgan fingerprint density at radius 1 is 1.03 bits per heavy atom. The number of carbonyl (C=O) groups excluding carboxylic acids is 1. The predicted octanol–water partition coefficient (Wildman–Crippen LogP) is 4.38. The average Bonchev–Trinajstić information content (AvgIpc) is 2.75. The summed E-state index contributed by atoms with van der Waals surface area (Å²) in [6, 6.07) is 15.8. The first-order valence-corrected chi connectivity index (χ1v) is 10.5. The Kier molecular flexibility index (Phi) is 6.56. The van der Waals surface area contributed by atoms with Crippen molar-refractivity contribution in [3.8, 4) is 11.5 Å². The highest BCUT2D eigenvalue weighted by atomic mass is 79.9. The first-order chi connectivity index (χ1) is 14.7. The third-order valence-electron chi connectivity index (χ3n) is 4.79. The van der Waals surface area contributed by atoms with E-state index in [0.29, 0.717) is 18.9 Å². The van der Waals surface area contributed by atoms with E-state index in [4.69, 9.17) is 4.74 Å². The average molecular weight is 468 g/mol. The molecule has 154 valence electrons. The number of hydrogen-bond donors (Lipinski definition) is 1. The second kappa shape index (κ2) is 9.69. The van der Waals surface area contributed by atoms with Gasteiger partial charge in [-0.05, 0) is 35.9 Å².